The summed E-state index contributed by atoms with van der Waals surface area (Å²) >= 11 is 0. The number of carbonyl (C=O) groups is 1. The highest BCUT2D eigenvalue weighted by Crippen LogP contribution is 2.21. The SMILES string of the molecule is COc1cccc(OC[C@@H]2CN[C@H](C(=O)O)C2)c1. The maximum Gasteiger partial charge on any atom is 0.320 e. The molecule has 1 aliphatic heterocycles. The van der Waals surface area contributed by atoms with Crippen molar-refractivity contribution >= 4 is 5.97 Å². The molecule has 2 atom stereocenters. The molecule has 1 aromatic carbocycles. The first-order valence-electron chi connectivity index (χ1n) is 5.92. The summed E-state index contributed by atoms with van der Waals surface area (Å²) in [6.45, 7) is 1.20. The largest absolute Gasteiger partial charge is 0.497 e. The molecule has 1 aliphatic rings. The molecule has 0 bridgehead atoms. The first kappa shape index (κ1) is 12.7. The minimum absolute atomic E-state index is 0.234. The van der Waals surface area contributed by atoms with Gasteiger partial charge in [0.1, 0.15) is 17.5 Å². The summed E-state index contributed by atoms with van der Waals surface area (Å²) in [5.41, 5.74) is 0. The van der Waals surface area contributed by atoms with Crippen molar-refractivity contribution in [3.63, 3.8) is 0 Å². The zero-order chi connectivity index (χ0) is 13.0. The molecule has 0 amide bonds. The van der Waals surface area contributed by atoms with Gasteiger partial charge in [-0.3, -0.25) is 4.79 Å². The lowest BCUT2D eigenvalue weighted by Gasteiger charge is -2.11. The van der Waals surface area contributed by atoms with Gasteiger partial charge in [0.05, 0.1) is 13.7 Å². The zero-order valence-corrected chi connectivity index (χ0v) is 10.3. The molecule has 0 aliphatic carbocycles. The Morgan fingerprint density at radius 1 is 1.50 bits per heavy atom. The average molecular weight is 251 g/mol. The Hall–Kier alpha value is -1.75. The summed E-state index contributed by atoms with van der Waals surface area (Å²) in [6.07, 6.45) is 0.610. The van der Waals surface area contributed by atoms with E-state index < -0.39 is 12.0 Å². The van der Waals surface area contributed by atoms with Crippen LogP contribution >= 0.6 is 0 Å². The number of carboxylic acid groups (broad SMARTS) is 1. The van der Waals surface area contributed by atoms with Crippen LogP contribution in [0.5, 0.6) is 11.5 Å². The second-order valence-corrected chi connectivity index (χ2v) is 4.39. The number of ether oxygens (including phenoxy) is 2. The normalized spacial score (nSPS) is 22.7. The van der Waals surface area contributed by atoms with Gasteiger partial charge in [-0.05, 0) is 18.6 Å². The van der Waals surface area contributed by atoms with Crippen LogP contribution in [0.3, 0.4) is 0 Å². The van der Waals surface area contributed by atoms with E-state index in [1.807, 2.05) is 24.3 Å². The van der Waals surface area contributed by atoms with Gasteiger partial charge in [0.25, 0.3) is 0 Å². The molecule has 1 fully saturated rings. The highest BCUT2D eigenvalue weighted by molar-refractivity contribution is 5.73. The molecule has 1 heterocycles. The summed E-state index contributed by atoms with van der Waals surface area (Å²) in [4.78, 5) is 10.8. The van der Waals surface area contributed by atoms with E-state index >= 15 is 0 Å². The van der Waals surface area contributed by atoms with Gasteiger partial charge < -0.3 is 19.9 Å². The van der Waals surface area contributed by atoms with Crippen LogP contribution in [-0.2, 0) is 4.79 Å². The van der Waals surface area contributed by atoms with Crippen LogP contribution in [0.1, 0.15) is 6.42 Å². The molecule has 5 nitrogen and oxygen atoms in total. The van der Waals surface area contributed by atoms with Gasteiger partial charge >= 0.3 is 5.97 Å². The summed E-state index contributed by atoms with van der Waals surface area (Å²) in [5.74, 6) is 0.935. The van der Waals surface area contributed by atoms with Crippen LogP contribution < -0.4 is 14.8 Å². The van der Waals surface area contributed by atoms with Crippen LogP contribution in [0.15, 0.2) is 24.3 Å². The quantitative estimate of drug-likeness (QED) is 0.821. The Kier molecular flexibility index (Phi) is 4.04. The smallest absolute Gasteiger partial charge is 0.320 e. The van der Waals surface area contributed by atoms with Crippen LogP contribution in [0, 0.1) is 5.92 Å². The molecule has 0 aromatic heterocycles. The average Bonchev–Trinajstić information content (AvgIpc) is 2.85. The van der Waals surface area contributed by atoms with Crippen molar-refractivity contribution in [1.82, 2.24) is 5.32 Å². The molecule has 0 radical (unpaired) electrons. The second kappa shape index (κ2) is 5.73. The zero-order valence-electron chi connectivity index (χ0n) is 10.3. The lowest BCUT2D eigenvalue weighted by atomic mass is 10.1. The Morgan fingerprint density at radius 3 is 2.94 bits per heavy atom. The number of nitrogens with one attached hydrogen (secondary N) is 1. The molecule has 1 aromatic rings. The lowest BCUT2D eigenvalue weighted by molar-refractivity contribution is -0.139. The third kappa shape index (κ3) is 3.13. The van der Waals surface area contributed by atoms with E-state index in [1.165, 1.54) is 0 Å². The first-order chi connectivity index (χ1) is 8.69. The van der Waals surface area contributed by atoms with E-state index in [0.717, 1.165) is 11.5 Å². The lowest BCUT2D eigenvalue weighted by Crippen LogP contribution is -2.29. The number of carboxylic acids is 1. The van der Waals surface area contributed by atoms with Gasteiger partial charge in [-0.25, -0.2) is 0 Å². The Balaban J connectivity index is 1.83. The highest BCUT2D eigenvalue weighted by Gasteiger charge is 2.29. The molecule has 18 heavy (non-hydrogen) atoms. The third-order valence-corrected chi connectivity index (χ3v) is 3.05. The minimum atomic E-state index is -0.793. The molecule has 5 heteroatoms. The Morgan fingerprint density at radius 2 is 2.28 bits per heavy atom. The number of hydrogen-bond donors (Lipinski definition) is 2. The van der Waals surface area contributed by atoms with Crippen LogP contribution in [0.25, 0.3) is 0 Å². The first-order valence-corrected chi connectivity index (χ1v) is 5.92. The van der Waals surface area contributed by atoms with Crippen molar-refractivity contribution in [3.8, 4) is 11.5 Å². The summed E-state index contributed by atoms with van der Waals surface area (Å²) < 4.78 is 10.8. The number of hydrogen-bond acceptors (Lipinski definition) is 4. The van der Waals surface area contributed by atoms with Crippen molar-refractivity contribution < 1.29 is 19.4 Å². The molecule has 2 N–H and O–H groups in total. The highest BCUT2D eigenvalue weighted by atomic mass is 16.5. The van der Waals surface area contributed by atoms with Gasteiger partial charge in [0, 0.05) is 18.5 Å². The van der Waals surface area contributed by atoms with Crippen molar-refractivity contribution in [2.24, 2.45) is 5.92 Å². The number of aliphatic carboxylic acids is 1. The fraction of sp³-hybridized carbons (Fsp3) is 0.462. The van der Waals surface area contributed by atoms with E-state index in [0.29, 0.717) is 19.6 Å². The van der Waals surface area contributed by atoms with Crippen molar-refractivity contribution in [2.45, 2.75) is 12.5 Å². The number of rotatable bonds is 5. The molecule has 2 rings (SSSR count). The van der Waals surface area contributed by atoms with Crippen LogP contribution in [0.4, 0.5) is 0 Å². The monoisotopic (exact) mass is 251 g/mol. The predicted molar refractivity (Wildman–Crippen MR) is 66.0 cm³/mol. The number of methoxy groups -OCH3 is 1. The molecule has 1 saturated heterocycles. The van der Waals surface area contributed by atoms with Gasteiger partial charge in [0.2, 0.25) is 0 Å². The minimum Gasteiger partial charge on any atom is -0.497 e. The van der Waals surface area contributed by atoms with Gasteiger partial charge in [-0.2, -0.15) is 0 Å². The molecular formula is C13H17NO4. The summed E-state index contributed by atoms with van der Waals surface area (Å²) in [6, 6.07) is 6.95. The maximum absolute atomic E-state index is 10.8. The fourth-order valence-electron chi connectivity index (χ4n) is 2.03. The number of benzene rings is 1. The standard InChI is InChI=1S/C13H17NO4/c1-17-10-3-2-4-11(6-10)18-8-9-5-12(13(15)16)14-7-9/h2-4,6,9,12,14H,5,7-8H2,1H3,(H,15,16)/t9-,12-/m0/s1. The Labute approximate surface area is 106 Å². The molecule has 0 unspecified atom stereocenters. The third-order valence-electron chi connectivity index (χ3n) is 3.05. The molecular weight excluding hydrogens is 234 g/mol. The second-order valence-electron chi connectivity index (χ2n) is 4.39. The van der Waals surface area contributed by atoms with E-state index in [2.05, 4.69) is 5.32 Å². The van der Waals surface area contributed by atoms with Crippen molar-refractivity contribution in [3.05, 3.63) is 24.3 Å². The molecule has 0 saturated carbocycles. The van der Waals surface area contributed by atoms with Gasteiger partial charge in [-0.15, -0.1) is 0 Å². The van der Waals surface area contributed by atoms with E-state index in [-0.39, 0.29) is 5.92 Å². The molecule has 0 spiro atoms. The van der Waals surface area contributed by atoms with Gasteiger partial charge in [0.15, 0.2) is 0 Å². The van der Waals surface area contributed by atoms with Gasteiger partial charge in [-0.1, -0.05) is 6.07 Å². The Bertz CT molecular complexity index is 421. The summed E-state index contributed by atoms with van der Waals surface area (Å²) in [7, 11) is 1.61. The topological polar surface area (TPSA) is 67.8 Å². The van der Waals surface area contributed by atoms with Crippen LogP contribution in [-0.4, -0.2) is 37.4 Å². The van der Waals surface area contributed by atoms with Crippen molar-refractivity contribution in [1.29, 1.82) is 0 Å². The predicted octanol–water partition coefficient (Wildman–Crippen LogP) is 1.14. The fourth-order valence-corrected chi connectivity index (χ4v) is 2.03. The van der Waals surface area contributed by atoms with E-state index in [1.54, 1.807) is 7.11 Å². The van der Waals surface area contributed by atoms with E-state index in [4.69, 9.17) is 14.6 Å². The van der Waals surface area contributed by atoms with Crippen LogP contribution in [0.2, 0.25) is 0 Å². The van der Waals surface area contributed by atoms with Crippen molar-refractivity contribution in [2.75, 3.05) is 20.3 Å². The molecule has 98 valence electrons. The summed E-state index contributed by atoms with van der Waals surface area (Å²) in [5, 5.41) is 11.8. The maximum atomic E-state index is 10.8. The van der Waals surface area contributed by atoms with E-state index in [9.17, 15) is 4.79 Å².